The molecule has 0 bridgehead atoms. The Morgan fingerprint density at radius 1 is 0.409 bits per heavy atom. The highest BCUT2D eigenvalue weighted by molar-refractivity contribution is 6.10. The monoisotopic (exact) mass is 864 g/mol. The number of benzene rings is 6. The first-order valence-corrected chi connectivity index (χ1v) is 22.1. The largest absolute Gasteiger partial charge is 0.476 e. The van der Waals surface area contributed by atoms with E-state index in [2.05, 4.69) is 108 Å². The second-order valence-electron chi connectivity index (χ2n) is 16.1. The summed E-state index contributed by atoms with van der Waals surface area (Å²) in [6.07, 6.45) is 3.69. The first-order chi connectivity index (χ1) is 32.4. The Morgan fingerprint density at radius 3 is 1.27 bits per heavy atom. The molecular weight excluding hydrogens is 821 g/mol. The summed E-state index contributed by atoms with van der Waals surface area (Å²) in [5.74, 6) is 5.09. The van der Waals surface area contributed by atoms with Crippen LogP contribution in [-0.4, -0.2) is 42.3 Å². The van der Waals surface area contributed by atoms with Crippen LogP contribution in [0.5, 0.6) is 34.8 Å². The molecule has 0 N–H and O–H groups in total. The quantitative estimate of drug-likeness (QED) is 0.120. The van der Waals surface area contributed by atoms with Crippen molar-refractivity contribution in [2.45, 2.75) is 27.7 Å². The van der Waals surface area contributed by atoms with Crippen molar-refractivity contribution in [3.05, 3.63) is 181 Å². The van der Waals surface area contributed by atoms with Crippen molar-refractivity contribution in [1.82, 2.24) is 29.1 Å². The number of hydrogen-bond acceptors (Lipinski definition) is 8. The highest BCUT2D eigenvalue weighted by atomic mass is 16.5. The second-order valence-corrected chi connectivity index (χ2v) is 16.1. The van der Waals surface area contributed by atoms with E-state index in [1.165, 1.54) is 0 Å². The van der Waals surface area contributed by atoms with E-state index >= 15 is 0 Å². The Balaban J connectivity index is 0.924. The van der Waals surface area contributed by atoms with E-state index in [4.69, 9.17) is 38.9 Å². The second kappa shape index (κ2) is 16.9. The van der Waals surface area contributed by atoms with E-state index in [1.807, 2.05) is 99.0 Å². The molecule has 5 aromatic heterocycles. The molecule has 66 heavy (non-hydrogen) atoms. The van der Waals surface area contributed by atoms with Crippen molar-refractivity contribution >= 4 is 43.6 Å². The smallest absolute Gasteiger partial charge is 0.241 e. The Hall–Kier alpha value is -8.50. The molecule has 0 saturated carbocycles. The highest BCUT2D eigenvalue weighted by Gasteiger charge is 2.21. The van der Waals surface area contributed by atoms with Gasteiger partial charge in [0.15, 0.2) is 0 Å². The van der Waals surface area contributed by atoms with Gasteiger partial charge in [-0.15, -0.1) is 0 Å². The van der Waals surface area contributed by atoms with Crippen LogP contribution >= 0.6 is 0 Å². The first kappa shape index (κ1) is 40.3. The van der Waals surface area contributed by atoms with Gasteiger partial charge in [0, 0.05) is 57.2 Å². The zero-order chi connectivity index (χ0) is 44.7. The van der Waals surface area contributed by atoms with Gasteiger partial charge in [-0.05, 0) is 124 Å². The van der Waals surface area contributed by atoms with Crippen LogP contribution in [0.25, 0.3) is 77.8 Å². The predicted molar refractivity (Wildman–Crippen MR) is 262 cm³/mol. The summed E-state index contributed by atoms with van der Waals surface area (Å²) in [6.45, 7) is 8.79. The third kappa shape index (κ3) is 7.38. The van der Waals surface area contributed by atoms with Gasteiger partial charge in [0.2, 0.25) is 11.8 Å². The van der Waals surface area contributed by atoms with Crippen molar-refractivity contribution in [1.29, 1.82) is 0 Å². The average molecular weight is 865 g/mol. The summed E-state index contributed by atoms with van der Waals surface area (Å²) in [5, 5.41) is 4.52. The lowest BCUT2D eigenvalue weighted by Crippen LogP contribution is -2.05. The summed E-state index contributed by atoms with van der Waals surface area (Å²) in [5.41, 5.74) is 9.03. The van der Waals surface area contributed by atoms with Gasteiger partial charge in [-0.3, -0.25) is 9.13 Å². The number of ether oxygens (including phenoxy) is 4. The molecule has 0 radical (unpaired) electrons. The molecule has 322 valence electrons. The maximum atomic E-state index is 6.59. The van der Waals surface area contributed by atoms with Gasteiger partial charge in [-0.2, -0.15) is 0 Å². The molecule has 0 saturated heterocycles. The third-order valence-corrected chi connectivity index (χ3v) is 11.6. The van der Waals surface area contributed by atoms with Gasteiger partial charge in [0.1, 0.15) is 46.0 Å². The minimum atomic E-state index is 0.374. The summed E-state index contributed by atoms with van der Waals surface area (Å²) < 4.78 is 30.0. The van der Waals surface area contributed by atoms with E-state index in [0.29, 0.717) is 59.4 Å². The van der Waals surface area contributed by atoms with Gasteiger partial charge >= 0.3 is 0 Å². The lowest BCUT2D eigenvalue weighted by molar-refractivity contribution is 0.311. The van der Waals surface area contributed by atoms with Crippen LogP contribution < -0.4 is 18.9 Å². The Morgan fingerprint density at radius 2 is 0.833 bits per heavy atom. The number of pyridine rings is 2. The molecule has 5 heterocycles. The van der Waals surface area contributed by atoms with Crippen LogP contribution in [0.1, 0.15) is 25.0 Å². The molecule has 0 atom stereocenters. The van der Waals surface area contributed by atoms with Crippen LogP contribution in [0.4, 0.5) is 0 Å². The predicted octanol–water partition coefficient (Wildman–Crippen LogP) is 13.8. The normalized spacial score (nSPS) is 11.5. The van der Waals surface area contributed by atoms with Crippen LogP contribution in [0, 0.1) is 13.8 Å². The van der Waals surface area contributed by atoms with Crippen molar-refractivity contribution in [3.8, 4) is 68.9 Å². The fourth-order valence-electron chi connectivity index (χ4n) is 8.75. The van der Waals surface area contributed by atoms with Gasteiger partial charge < -0.3 is 18.9 Å². The zero-order valence-corrected chi connectivity index (χ0v) is 36.9. The lowest BCUT2D eigenvalue weighted by atomic mass is 10.1. The molecule has 0 aliphatic rings. The van der Waals surface area contributed by atoms with Crippen LogP contribution in [0.15, 0.2) is 170 Å². The zero-order valence-electron chi connectivity index (χ0n) is 36.9. The van der Waals surface area contributed by atoms with Gasteiger partial charge in [0.05, 0.1) is 35.3 Å². The van der Waals surface area contributed by atoms with Crippen molar-refractivity contribution in [2.24, 2.45) is 0 Å². The first-order valence-electron chi connectivity index (χ1n) is 22.1. The van der Waals surface area contributed by atoms with Crippen molar-refractivity contribution in [3.63, 3.8) is 0 Å². The molecular formula is C56H44N6O4. The molecule has 10 heteroatoms. The molecule has 0 fully saturated rings. The Labute approximate surface area is 381 Å². The number of fused-ring (bicyclic) bond motifs is 6. The molecule has 0 aliphatic heterocycles. The SMILES string of the molecule is CCOc1nc(-c2cccc(Oc3ccc4c5ccccc5n(-c5cc(C)ccn5)c4c3)c2)c(OCC)nc1-c1cccc(Oc2ccc3c4ccccc4n(-c4cc(C)ccn4)c3c2)c1. The lowest BCUT2D eigenvalue weighted by Gasteiger charge is -2.16. The maximum Gasteiger partial charge on any atom is 0.241 e. The molecule has 0 amide bonds. The van der Waals surface area contributed by atoms with Crippen molar-refractivity contribution < 1.29 is 18.9 Å². The molecule has 0 aliphatic carbocycles. The van der Waals surface area contributed by atoms with E-state index in [0.717, 1.165) is 77.5 Å². The topological polar surface area (TPSA) is 98.3 Å². The molecule has 0 unspecified atom stereocenters. The summed E-state index contributed by atoms with van der Waals surface area (Å²) in [7, 11) is 0. The van der Waals surface area contributed by atoms with Crippen LogP contribution in [-0.2, 0) is 0 Å². The number of nitrogens with zero attached hydrogens (tertiary/aromatic N) is 6. The molecule has 6 aromatic carbocycles. The molecule has 11 aromatic rings. The number of rotatable bonds is 12. The van der Waals surface area contributed by atoms with Crippen LogP contribution in [0.2, 0.25) is 0 Å². The fourth-order valence-corrected chi connectivity index (χ4v) is 8.75. The highest BCUT2D eigenvalue weighted by Crippen LogP contribution is 2.41. The fraction of sp³-hybridized carbons (Fsp3) is 0.107. The summed E-state index contributed by atoms with van der Waals surface area (Å²) in [6, 6.07) is 52.9. The van der Waals surface area contributed by atoms with E-state index in [9.17, 15) is 0 Å². The summed E-state index contributed by atoms with van der Waals surface area (Å²) in [4.78, 5) is 19.6. The molecule has 10 nitrogen and oxygen atoms in total. The number of aromatic nitrogens is 6. The Kier molecular flexibility index (Phi) is 10.3. The van der Waals surface area contributed by atoms with E-state index < -0.39 is 0 Å². The standard InChI is InChI=1S/C56H44N6O4/c1-5-63-55-53(37-13-11-15-39(31-37)65-41-21-23-45-43-17-7-9-19-47(43)61(49(45)33-41)51-29-35(3)25-27-57-51)60-56(64-6-2)54(59-55)38-14-12-16-40(32-38)66-42-22-24-46-44-18-8-10-20-48(44)62(50(46)34-42)52-30-36(4)26-28-58-52/h7-34H,5-6H2,1-4H3. The van der Waals surface area contributed by atoms with Gasteiger partial charge in [0.25, 0.3) is 0 Å². The van der Waals surface area contributed by atoms with Crippen molar-refractivity contribution in [2.75, 3.05) is 13.2 Å². The minimum absolute atomic E-state index is 0.374. The number of aryl methyl sites for hydroxylation is 2. The molecule has 0 spiro atoms. The van der Waals surface area contributed by atoms with E-state index in [-0.39, 0.29) is 0 Å². The number of para-hydroxylation sites is 2. The third-order valence-electron chi connectivity index (χ3n) is 11.6. The maximum absolute atomic E-state index is 6.59. The van der Waals surface area contributed by atoms with Gasteiger partial charge in [-0.25, -0.2) is 19.9 Å². The molecule has 11 rings (SSSR count). The Bertz CT molecular complexity index is 3390. The summed E-state index contributed by atoms with van der Waals surface area (Å²) >= 11 is 0. The number of hydrogen-bond donors (Lipinski definition) is 0. The average Bonchev–Trinajstić information content (AvgIpc) is 3.84. The minimum Gasteiger partial charge on any atom is -0.476 e. The van der Waals surface area contributed by atoms with E-state index in [1.54, 1.807) is 0 Å². The van der Waals surface area contributed by atoms with Gasteiger partial charge in [-0.1, -0.05) is 60.7 Å². The van der Waals surface area contributed by atoms with Crippen LogP contribution in [0.3, 0.4) is 0 Å².